The number of hydrogen-bond acceptors (Lipinski definition) is 4. The van der Waals surface area contributed by atoms with E-state index in [0.717, 1.165) is 13.9 Å². The van der Waals surface area contributed by atoms with Gasteiger partial charge in [-0.1, -0.05) is 12.1 Å². The fraction of sp³-hybridized carbons (Fsp3) is 0.0606. The van der Waals surface area contributed by atoms with Gasteiger partial charge in [0.05, 0.1) is 25.5 Å². The lowest BCUT2D eigenvalue weighted by Crippen LogP contribution is -2.51. The zero-order chi connectivity index (χ0) is 29.9. The summed E-state index contributed by atoms with van der Waals surface area (Å²) in [6.45, 7) is -4.35. The Labute approximate surface area is 245 Å². The third kappa shape index (κ3) is 4.05. The van der Waals surface area contributed by atoms with Crippen LogP contribution in [-0.2, 0) is 9.59 Å². The maximum atomic E-state index is 16.9. The minimum Gasteiger partial charge on any atom is -0.497 e. The summed E-state index contributed by atoms with van der Waals surface area (Å²) in [6, 6.07) is 24.2. The molecule has 0 unspecified atom stereocenters. The first kappa shape index (κ1) is 26.4. The van der Waals surface area contributed by atoms with Crippen LogP contribution in [0, 0.1) is 0 Å². The molecule has 212 valence electrons. The molecule has 0 spiro atoms. The number of halogens is 2. The van der Waals surface area contributed by atoms with Crippen molar-refractivity contribution in [3.63, 3.8) is 0 Å². The standard InChI is InChI=1S/C33H24BF2N3O4/c1-42-25-11-5-21(6-12-25)27-15-17-29-33(23-3-9-24(10-4-23)37-31(40)19-20-32(37)41)30-18-16-28(39(30)34(35,36)38(27)29)22-7-13-26(43-2)14-8-22/h3-20H,1-2H3. The number of amides is 2. The van der Waals surface area contributed by atoms with E-state index in [4.69, 9.17) is 9.47 Å². The predicted octanol–water partition coefficient (Wildman–Crippen LogP) is 5.67. The van der Waals surface area contributed by atoms with Gasteiger partial charge in [-0.15, -0.1) is 0 Å². The number of carbonyl (C=O) groups excluding carboxylic acids is 2. The van der Waals surface area contributed by atoms with Gasteiger partial charge in [-0.2, -0.15) is 0 Å². The second-order valence-corrected chi connectivity index (χ2v) is 10.3. The van der Waals surface area contributed by atoms with Crippen molar-refractivity contribution in [1.82, 2.24) is 4.48 Å². The number of methoxy groups -OCH3 is 2. The summed E-state index contributed by atoms with van der Waals surface area (Å²) in [6.07, 6.45) is 5.85. The lowest BCUT2D eigenvalue weighted by atomic mass is 9.85. The fourth-order valence-corrected chi connectivity index (χ4v) is 5.94. The lowest BCUT2D eigenvalue weighted by Gasteiger charge is -2.33. The Hall–Kier alpha value is -5.51. The second-order valence-electron chi connectivity index (χ2n) is 10.3. The van der Waals surface area contributed by atoms with Crippen LogP contribution in [0.1, 0.15) is 16.8 Å². The van der Waals surface area contributed by atoms with Crippen LogP contribution in [-0.4, -0.2) is 47.7 Å². The average molecular weight is 575 g/mol. The van der Waals surface area contributed by atoms with Gasteiger partial charge in [-0.25, -0.2) is 4.90 Å². The maximum Gasteiger partial charge on any atom is 0.737 e. The Morgan fingerprint density at radius 1 is 0.628 bits per heavy atom. The third-order valence-corrected chi connectivity index (χ3v) is 7.96. The largest absolute Gasteiger partial charge is 0.737 e. The summed E-state index contributed by atoms with van der Waals surface area (Å²) < 4.78 is 46.6. The first-order chi connectivity index (χ1) is 20.8. The minimum absolute atomic E-state index is 0.352. The van der Waals surface area contributed by atoms with E-state index in [0.29, 0.717) is 62.2 Å². The maximum absolute atomic E-state index is 16.9. The molecule has 43 heavy (non-hydrogen) atoms. The molecule has 4 heterocycles. The van der Waals surface area contributed by atoms with Crippen LogP contribution < -0.4 is 14.4 Å². The molecule has 3 aliphatic heterocycles. The second kappa shape index (κ2) is 9.80. The monoisotopic (exact) mass is 575 g/mol. The summed E-state index contributed by atoms with van der Waals surface area (Å²) >= 11 is 0. The number of hydrogen-bond donors (Lipinski definition) is 0. The number of allylic oxidation sites excluding steroid dienone is 2. The highest BCUT2D eigenvalue weighted by molar-refractivity contribution is 6.59. The van der Waals surface area contributed by atoms with Gasteiger partial charge in [0.25, 0.3) is 11.8 Å². The van der Waals surface area contributed by atoms with E-state index in [9.17, 15) is 9.59 Å². The van der Waals surface area contributed by atoms with Crippen molar-refractivity contribution in [2.24, 2.45) is 0 Å². The van der Waals surface area contributed by atoms with Gasteiger partial charge in [-0.05, 0) is 83.9 Å². The molecule has 0 atom stereocenters. The van der Waals surface area contributed by atoms with Crippen molar-refractivity contribution in [3.05, 3.63) is 132 Å². The predicted molar refractivity (Wildman–Crippen MR) is 160 cm³/mol. The van der Waals surface area contributed by atoms with Gasteiger partial charge in [-0.3, -0.25) is 9.59 Å². The molecule has 0 aliphatic carbocycles. The molecule has 2 amide bonds. The van der Waals surface area contributed by atoms with Gasteiger partial charge in [0.2, 0.25) is 0 Å². The molecular formula is C33H24BF2N3O4. The highest BCUT2D eigenvalue weighted by atomic mass is 19.2. The molecule has 3 aromatic carbocycles. The van der Waals surface area contributed by atoms with Crippen molar-refractivity contribution in [1.29, 1.82) is 0 Å². The van der Waals surface area contributed by atoms with Gasteiger partial charge >= 0.3 is 6.97 Å². The van der Waals surface area contributed by atoms with E-state index in [1.807, 2.05) is 0 Å². The van der Waals surface area contributed by atoms with Crippen LogP contribution in [0.25, 0.3) is 16.8 Å². The molecule has 0 fully saturated rings. The molecule has 0 bridgehead atoms. The molecule has 3 aliphatic rings. The molecule has 0 saturated heterocycles. The number of anilines is 1. The van der Waals surface area contributed by atoms with Crippen LogP contribution >= 0.6 is 0 Å². The highest BCUT2D eigenvalue weighted by Crippen LogP contribution is 2.43. The molecule has 10 heteroatoms. The molecule has 7 nitrogen and oxygen atoms in total. The topological polar surface area (TPSA) is 63.8 Å². The zero-order valence-electron chi connectivity index (χ0n) is 23.2. The van der Waals surface area contributed by atoms with Crippen molar-refractivity contribution in [2.45, 2.75) is 0 Å². The zero-order valence-corrected chi connectivity index (χ0v) is 23.2. The number of nitrogens with zero attached hydrogens (tertiary/aromatic N) is 3. The normalized spacial score (nSPS) is 16.7. The van der Waals surface area contributed by atoms with E-state index in [1.54, 1.807) is 111 Å². The van der Waals surface area contributed by atoms with Crippen molar-refractivity contribution < 1.29 is 32.2 Å². The Morgan fingerprint density at radius 2 is 1.16 bits per heavy atom. The summed E-state index contributed by atoms with van der Waals surface area (Å²) in [4.78, 5) is 25.5. The minimum atomic E-state index is -4.35. The Morgan fingerprint density at radius 3 is 1.74 bits per heavy atom. The number of imide groups is 1. The first-order valence-electron chi connectivity index (χ1n) is 13.6. The summed E-state index contributed by atoms with van der Waals surface area (Å²) in [7, 11) is 3.11. The first-order valence-corrected chi connectivity index (χ1v) is 13.6. The smallest absolute Gasteiger partial charge is 0.497 e. The summed E-state index contributed by atoms with van der Waals surface area (Å²) in [5.41, 5.74) is 4.30. The van der Waals surface area contributed by atoms with Crippen molar-refractivity contribution in [3.8, 4) is 22.8 Å². The molecule has 0 radical (unpaired) electrons. The van der Waals surface area contributed by atoms with E-state index in [2.05, 4.69) is 0 Å². The van der Waals surface area contributed by atoms with Crippen LogP contribution in [0.3, 0.4) is 0 Å². The van der Waals surface area contributed by atoms with E-state index >= 15 is 8.63 Å². The SMILES string of the molecule is COc1ccc(C2=[N+]3C(=C(c4ccc(N5C(=O)C=CC5=O)cc4)c4ccc(-c5ccc(OC)cc5)n4[B-]3(F)F)C=C2)cc1. The Kier molecular flexibility index (Phi) is 6.02. The molecule has 4 aromatic rings. The summed E-state index contributed by atoms with van der Waals surface area (Å²) in [5.74, 6) is 0.389. The number of benzene rings is 3. The van der Waals surface area contributed by atoms with Gasteiger partial charge in [0.15, 0.2) is 11.4 Å². The quantitative estimate of drug-likeness (QED) is 0.220. The van der Waals surface area contributed by atoms with Crippen LogP contribution in [0.4, 0.5) is 14.3 Å². The fourth-order valence-electron chi connectivity index (χ4n) is 5.94. The molecule has 0 saturated carbocycles. The van der Waals surface area contributed by atoms with Crippen molar-refractivity contribution >= 4 is 35.8 Å². The van der Waals surface area contributed by atoms with Gasteiger partial charge in [0, 0.05) is 41.3 Å². The molecule has 1 aromatic heterocycles. The van der Waals surface area contributed by atoms with Crippen LogP contribution in [0.2, 0.25) is 0 Å². The number of aromatic nitrogens is 1. The van der Waals surface area contributed by atoms with Crippen LogP contribution in [0.15, 0.2) is 115 Å². The summed E-state index contributed by atoms with van der Waals surface area (Å²) in [5, 5.41) is 0. The third-order valence-electron chi connectivity index (χ3n) is 7.96. The van der Waals surface area contributed by atoms with Crippen LogP contribution in [0.5, 0.6) is 11.5 Å². The number of carbonyl (C=O) groups is 2. The molecule has 0 N–H and O–H groups in total. The molecular weight excluding hydrogens is 551 g/mol. The van der Waals surface area contributed by atoms with E-state index in [-0.39, 0.29) is 0 Å². The van der Waals surface area contributed by atoms with E-state index in [1.165, 1.54) is 12.2 Å². The van der Waals surface area contributed by atoms with Gasteiger partial charge < -0.3 is 27.1 Å². The van der Waals surface area contributed by atoms with Crippen molar-refractivity contribution in [2.75, 3.05) is 19.1 Å². The average Bonchev–Trinajstić information content (AvgIpc) is 3.76. The Bertz CT molecular complexity index is 1920. The highest BCUT2D eigenvalue weighted by Gasteiger charge is 2.54. The number of fused-ring (bicyclic) bond motifs is 2. The lowest BCUT2D eigenvalue weighted by molar-refractivity contribution is -0.360. The number of rotatable bonds is 6. The Balaban J connectivity index is 1.44. The molecule has 7 rings (SSSR count). The number of ether oxygens (including phenoxy) is 2. The van der Waals surface area contributed by atoms with E-state index < -0.39 is 18.8 Å². The van der Waals surface area contributed by atoms with Gasteiger partial charge in [0.1, 0.15) is 11.5 Å².